The van der Waals surface area contributed by atoms with E-state index in [1.165, 1.54) is 19.4 Å². The van der Waals surface area contributed by atoms with Crippen molar-refractivity contribution in [2.45, 2.75) is 13.3 Å². The molecule has 2 aromatic rings. The lowest BCUT2D eigenvalue weighted by atomic mass is 10.3. The fourth-order valence-electron chi connectivity index (χ4n) is 1.94. The standard InChI is InChI=1S/C16H16ClNO5/c1-3-13-16(12(19)6-7-22-13)23-9-15(20)18-11-8-10(17)4-5-14(11)21-2/h4-8H,3,9H2,1-2H3,(H,18,20). The Morgan fingerprint density at radius 2 is 2.13 bits per heavy atom. The van der Waals surface area contributed by atoms with E-state index in [1.807, 2.05) is 6.92 Å². The van der Waals surface area contributed by atoms with Crippen LogP contribution in [-0.4, -0.2) is 19.6 Å². The van der Waals surface area contributed by atoms with Gasteiger partial charge in [-0.3, -0.25) is 9.59 Å². The Hall–Kier alpha value is -2.47. The molecule has 0 spiro atoms. The van der Waals surface area contributed by atoms with Crippen LogP contribution in [0.1, 0.15) is 12.7 Å². The zero-order chi connectivity index (χ0) is 16.8. The molecule has 0 bridgehead atoms. The summed E-state index contributed by atoms with van der Waals surface area (Å²) in [4.78, 5) is 23.8. The lowest BCUT2D eigenvalue weighted by Gasteiger charge is -2.11. The Morgan fingerprint density at radius 1 is 1.35 bits per heavy atom. The van der Waals surface area contributed by atoms with Gasteiger partial charge >= 0.3 is 0 Å². The molecule has 1 heterocycles. The average Bonchev–Trinajstić information content (AvgIpc) is 2.53. The number of aryl methyl sites for hydroxylation is 1. The molecule has 7 heteroatoms. The van der Waals surface area contributed by atoms with Crippen LogP contribution < -0.4 is 20.2 Å². The molecule has 1 aromatic carbocycles. The van der Waals surface area contributed by atoms with Crippen molar-refractivity contribution in [1.82, 2.24) is 0 Å². The number of hydrogen-bond donors (Lipinski definition) is 1. The normalized spacial score (nSPS) is 10.2. The maximum Gasteiger partial charge on any atom is 0.262 e. The summed E-state index contributed by atoms with van der Waals surface area (Å²) in [6, 6.07) is 6.09. The van der Waals surface area contributed by atoms with Crippen LogP contribution in [0.15, 0.2) is 39.7 Å². The number of benzene rings is 1. The Morgan fingerprint density at radius 3 is 2.83 bits per heavy atom. The molecule has 0 saturated heterocycles. The van der Waals surface area contributed by atoms with Crippen LogP contribution in [0.25, 0.3) is 0 Å². The second-order valence-corrected chi connectivity index (χ2v) is 5.01. The summed E-state index contributed by atoms with van der Waals surface area (Å²) >= 11 is 5.90. The molecule has 1 N–H and O–H groups in total. The van der Waals surface area contributed by atoms with Gasteiger partial charge in [0.05, 0.1) is 19.1 Å². The first-order chi connectivity index (χ1) is 11.0. The first kappa shape index (κ1) is 16.9. The lowest BCUT2D eigenvalue weighted by Crippen LogP contribution is -2.23. The highest BCUT2D eigenvalue weighted by Crippen LogP contribution is 2.27. The number of hydrogen-bond acceptors (Lipinski definition) is 5. The third kappa shape index (κ3) is 4.26. The van der Waals surface area contributed by atoms with Gasteiger partial charge < -0.3 is 19.2 Å². The van der Waals surface area contributed by atoms with E-state index in [0.29, 0.717) is 28.6 Å². The molecule has 0 aliphatic rings. The zero-order valence-electron chi connectivity index (χ0n) is 12.7. The van der Waals surface area contributed by atoms with Crippen molar-refractivity contribution >= 4 is 23.2 Å². The van der Waals surface area contributed by atoms with E-state index in [9.17, 15) is 9.59 Å². The highest BCUT2D eigenvalue weighted by atomic mass is 35.5. The summed E-state index contributed by atoms with van der Waals surface area (Å²) in [7, 11) is 1.48. The molecule has 0 aliphatic heterocycles. The van der Waals surface area contributed by atoms with Crippen LogP contribution in [0.5, 0.6) is 11.5 Å². The van der Waals surface area contributed by atoms with Crippen molar-refractivity contribution in [3.63, 3.8) is 0 Å². The van der Waals surface area contributed by atoms with Crippen LogP contribution in [0, 0.1) is 0 Å². The quantitative estimate of drug-likeness (QED) is 0.877. The summed E-state index contributed by atoms with van der Waals surface area (Å²) in [5.41, 5.74) is 0.0886. The van der Waals surface area contributed by atoms with Gasteiger partial charge in [-0.25, -0.2) is 0 Å². The molecule has 2 rings (SSSR count). The van der Waals surface area contributed by atoms with E-state index in [1.54, 1.807) is 18.2 Å². The molecule has 6 nitrogen and oxygen atoms in total. The lowest BCUT2D eigenvalue weighted by molar-refractivity contribution is -0.118. The number of amides is 1. The fraction of sp³-hybridized carbons (Fsp3) is 0.250. The molecule has 1 amide bonds. The minimum absolute atomic E-state index is 0.0446. The molecular formula is C16H16ClNO5. The van der Waals surface area contributed by atoms with Gasteiger partial charge in [-0.2, -0.15) is 0 Å². The van der Waals surface area contributed by atoms with Crippen molar-refractivity contribution in [2.24, 2.45) is 0 Å². The van der Waals surface area contributed by atoms with E-state index in [-0.39, 0.29) is 17.8 Å². The smallest absolute Gasteiger partial charge is 0.262 e. The number of ether oxygens (including phenoxy) is 2. The molecule has 122 valence electrons. The molecule has 0 radical (unpaired) electrons. The number of anilines is 1. The molecule has 1 aromatic heterocycles. The van der Waals surface area contributed by atoms with Gasteiger partial charge in [0.25, 0.3) is 5.91 Å². The summed E-state index contributed by atoms with van der Waals surface area (Å²) in [6.07, 6.45) is 1.78. The highest BCUT2D eigenvalue weighted by molar-refractivity contribution is 6.31. The Balaban J connectivity index is 2.07. The maximum atomic E-state index is 12.0. The fourth-order valence-corrected chi connectivity index (χ4v) is 2.11. The molecule has 0 saturated carbocycles. The van der Waals surface area contributed by atoms with Crippen molar-refractivity contribution in [1.29, 1.82) is 0 Å². The first-order valence-electron chi connectivity index (χ1n) is 6.92. The van der Waals surface area contributed by atoms with Gasteiger partial charge in [0.15, 0.2) is 6.61 Å². The second-order valence-electron chi connectivity index (χ2n) is 4.57. The second kappa shape index (κ2) is 7.69. The van der Waals surface area contributed by atoms with Crippen LogP contribution in [0.3, 0.4) is 0 Å². The molecule has 0 atom stereocenters. The number of carbonyl (C=O) groups excluding carboxylic acids is 1. The van der Waals surface area contributed by atoms with Crippen molar-refractivity contribution in [2.75, 3.05) is 19.0 Å². The number of nitrogens with one attached hydrogen (secondary N) is 1. The van der Waals surface area contributed by atoms with Crippen molar-refractivity contribution < 1.29 is 18.7 Å². The summed E-state index contributed by atoms with van der Waals surface area (Å²) in [5, 5.41) is 3.08. The van der Waals surface area contributed by atoms with E-state index in [2.05, 4.69) is 5.32 Å². The molecular weight excluding hydrogens is 322 g/mol. The van der Waals surface area contributed by atoms with E-state index in [4.69, 9.17) is 25.5 Å². The van der Waals surface area contributed by atoms with Gasteiger partial charge in [0.2, 0.25) is 11.2 Å². The number of carbonyl (C=O) groups is 1. The monoisotopic (exact) mass is 337 g/mol. The minimum Gasteiger partial charge on any atom is -0.495 e. The van der Waals surface area contributed by atoms with Crippen LogP contribution >= 0.6 is 11.6 Å². The third-order valence-electron chi connectivity index (χ3n) is 3.01. The molecule has 23 heavy (non-hydrogen) atoms. The maximum absolute atomic E-state index is 12.0. The third-order valence-corrected chi connectivity index (χ3v) is 3.25. The molecule has 0 aliphatic carbocycles. The molecule has 0 unspecified atom stereocenters. The topological polar surface area (TPSA) is 77.8 Å². The van der Waals surface area contributed by atoms with Gasteiger partial charge in [0.1, 0.15) is 11.5 Å². The zero-order valence-corrected chi connectivity index (χ0v) is 13.5. The van der Waals surface area contributed by atoms with Crippen molar-refractivity contribution in [3.05, 3.63) is 51.5 Å². The largest absolute Gasteiger partial charge is 0.495 e. The predicted octanol–water partition coefficient (Wildman–Crippen LogP) is 2.88. The predicted molar refractivity (Wildman–Crippen MR) is 86.5 cm³/mol. The Labute approximate surface area is 138 Å². The van der Waals surface area contributed by atoms with Gasteiger partial charge in [-0.15, -0.1) is 0 Å². The van der Waals surface area contributed by atoms with Gasteiger partial charge in [0, 0.05) is 17.5 Å². The van der Waals surface area contributed by atoms with Crippen LogP contribution in [-0.2, 0) is 11.2 Å². The van der Waals surface area contributed by atoms with Gasteiger partial charge in [-0.1, -0.05) is 18.5 Å². The summed E-state index contributed by atoms with van der Waals surface area (Å²) < 4.78 is 15.6. The number of methoxy groups -OCH3 is 1. The van der Waals surface area contributed by atoms with Crippen molar-refractivity contribution in [3.8, 4) is 11.5 Å². The SMILES string of the molecule is CCc1occc(=O)c1OCC(=O)Nc1cc(Cl)ccc1OC. The van der Waals surface area contributed by atoms with E-state index < -0.39 is 5.91 Å². The average molecular weight is 338 g/mol. The van der Waals surface area contributed by atoms with Crippen LogP contribution in [0.2, 0.25) is 5.02 Å². The van der Waals surface area contributed by atoms with E-state index in [0.717, 1.165) is 0 Å². The summed E-state index contributed by atoms with van der Waals surface area (Å²) in [6.45, 7) is 1.49. The first-order valence-corrected chi connectivity index (χ1v) is 7.29. The molecule has 0 fully saturated rings. The summed E-state index contributed by atoms with van der Waals surface area (Å²) in [5.74, 6) is 0.459. The minimum atomic E-state index is -0.448. The Kier molecular flexibility index (Phi) is 5.65. The number of rotatable bonds is 6. The van der Waals surface area contributed by atoms with Gasteiger partial charge in [-0.05, 0) is 18.2 Å². The van der Waals surface area contributed by atoms with Crippen LogP contribution in [0.4, 0.5) is 5.69 Å². The highest BCUT2D eigenvalue weighted by Gasteiger charge is 2.13. The van der Waals surface area contributed by atoms with E-state index >= 15 is 0 Å². The Bertz CT molecular complexity index is 756. The number of halogens is 1.